The molecular weight excluding hydrogens is 366 g/mol. The molecule has 2 aliphatic rings. The smallest absolute Gasteiger partial charge is 0.153 e. The number of aliphatic hydroxyl groups excluding tert-OH is 1. The van der Waals surface area contributed by atoms with E-state index in [0.717, 1.165) is 72.6 Å². The van der Waals surface area contributed by atoms with Gasteiger partial charge in [-0.3, -0.25) is 5.10 Å². The number of rotatable bonds is 3. The third kappa shape index (κ3) is 3.28. The Balaban J connectivity index is 1.43. The van der Waals surface area contributed by atoms with Crippen LogP contribution in [0.2, 0.25) is 0 Å². The Morgan fingerprint density at radius 3 is 2.83 bits per heavy atom. The van der Waals surface area contributed by atoms with Gasteiger partial charge in [-0.15, -0.1) is 0 Å². The summed E-state index contributed by atoms with van der Waals surface area (Å²) in [5, 5.41) is 18.2. The van der Waals surface area contributed by atoms with Crippen molar-refractivity contribution in [3.8, 4) is 11.3 Å². The molecule has 5 rings (SSSR count). The van der Waals surface area contributed by atoms with Gasteiger partial charge in [0.15, 0.2) is 5.82 Å². The number of aliphatic hydroxyl groups is 1. The van der Waals surface area contributed by atoms with Crippen LogP contribution < -0.4 is 4.90 Å². The lowest BCUT2D eigenvalue weighted by atomic mass is 9.77. The van der Waals surface area contributed by atoms with Crippen LogP contribution in [0.3, 0.4) is 0 Å². The first kappa shape index (κ1) is 18.5. The van der Waals surface area contributed by atoms with Gasteiger partial charge >= 0.3 is 0 Å². The SMILES string of the molecule is Cc1nc(N2CCC3(CC2)CO[C@@H](C)C3)c(CO)nc1-c1ccc2cn[nH]c2c1. The number of hydrogen-bond donors (Lipinski definition) is 2. The molecule has 3 aromatic rings. The molecule has 2 fully saturated rings. The van der Waals surface area contributed by atoms with E-state index in [4.69, 9.17) is 14.7 Å². The molecule has 4 heterocycles. The Bertz CT molecular complexity index is 1040. The number of anilines is 1. The van der Waals surface area contributed by atoms with Gasteiger partial charge in [0, 0.05) is 24.0 Å². The molecule has 0 amide bonds. The minimum atomic E-state index is -0.121. The Kier molecular flexibility index (Phi) is 4.52. The first-order valence-electron chi connectivity index (χ1n) is 10.4. The molecular formula is C22H27N5O2. The van der Waals surface area contributed by atoms with Crippen LogP contribution >= 0.6 is 0 Å². The van der Waals surface area contributed by atoms with Crippen molar-refractivity contribution in [1.29, 1.82) is 0 Å². The third-order valence-corrected chi connectivity index (χ3v) is 6.50. The summed E-state index contributed by atoms with van der Waals surface area (Å²) in [6.45, 7) is 6.76. The number of piperidine rings is 1. The second-order valence-corrected chi connectivity index (χ2v) is 8.57. The molecule has 0 saturated carbocycles. The van der Waals surface area contributed by atoms with Gasteiger partial charge in [0.2, 0.25) is 0 Å². The largest absolute Gasteiger partial charge is 0.390 e. The fourth-order valence-corrected chi connectivity index (χ4v) is 4.85. The van der Waals surface area contributed by atoms with Gasteiger partial charge in [-0.1, -0.05) is 12.1 Å². The molecule has 1 spiro atoms. The fourth-order valence-electron chi connectivity index (χ4n) is 4.85. The molecule has 152 valence electrons. The Morgan fingerprint density at radius 2 is 2.10 bits per heavy atom. The molecule has 0 aliphatic carbocycles. The Hall–Kier alpha value is -2.51. The molecule has 7 heteroatoms. The lowest BCUT2D eigenvalue weighted by Crippen LogP contribution is -2.41. The zero-order valence-corrected chi connectivity index (χ0v) is 17.0. The zero-order chi connectivity index (χ0) is 20.0. The lowest BCUT2D eigenvalue weighted by Gasteiger charge is -2.39. The first-order chi connectivity index (χ1) is 14.1. The highest BCUT2D eigenvalue weighted by Crippen LogP contribution is 2.42. The average molecular weight is 393 g/mol. The van der Waals surface area contributed by atoms with E-state index >= 15 is 0 Å². The quantitative estimate of drug-likeness (QED) is 0.710. The van der Waals surface area contributed by atoms with Gasteiger partial charge in [-0.25, -0.2) is 9.97 Å². The monoisotopic (exact) mass is 393 g/mol. The standard InChI is InChI=1S/C22H27N5O2/c1-14-10-22(13-29-14)5-7-27(8-6-22)21-19(12-28)25-20(15(2)24-21)16-3-4-17-11-23-26-18(17)9-16/h3-4,9,11,14,28H,5-8,10,12-13H2,1-2H3,(H,23,26)/t14-/m0/s1. The van der Waals surface area contributed by atoms with E-state index in [1.807, 2.05) is 25.1 Å². The van der Waals surface area contributed by atoms with Crippen LogP contribution in [0, 0.1) is 12.3 Å². The van der Waals surface area contributed by atoms with Crippen molar-refractivity contribution in [2.45, 2.75) is 45.8 Å². The molecule has 0 unspecified atom stereocenters. The summed E-state index contributed by atoms with van der Waals surface area (Å²) in [6.07, 6.45) is 5.51. The highest BCUT2D eigenvalue weighted by Gasteiger charge is 2.41. The van der Waals surface area contributed by atoms with Crippen LogP contribution in [-0.4, -0.2) is 51.1 Å². The van der Waals surface area contributed by atoms with Crippen molar-refractivity contribution < 1.29 is 9.84 Å². The molecule has 2 aliphatic heterocycles. The van der Waals surface area contributed by atoms with Gasteiger partial charge in [0.25, 0.3) is 0 Å². The lowest BCUT2D eigenvalue weighted by molar-refractivity contribution is 0.0975. The Labute approximate surface area is 170 Å². The second-order valence-electron chi connectivity index (χ2n) is 8.57. The minimum Gasteiger partial charge on any atom is -0.390 e. The van der Waals surface area contributed by atoms with Crippen molar-refractivity contribution in [2.24, 2.45) is 5.41 Å². The number of H-pyrrole nitrogens is 1. The highest BCUT2D eigenvalue weighted by molar-refractivity contribution is 5.83. The molecule has 0 radical (unpaired) electrons. The average Bonchev–Trinajstić information content (AvgIpc) is 3.34. The van der Waals surface area contributed by atoms with E-state index in [0.29, 0.717) is 17.2 Å². The number of fused-ring (bicyclic) bond motifs is 1. The van der Waals surface area contributed by atoms with Gasteiger partial charge in [0.05, 0.1) is 42.4 Å². The number of nitrogens with zero attached hydrogens (tertiary/aromatic N) is 4. The summed E-state index contributed by atoms with van der Waals surface area (Å²) in [5.74, 6) is 0.818. The molecule has 7 nitrogen and oxygen atoms in total. The molecule has 2 saturated heterocycles. The van der Waals surface area contributed by atoms with Crippen LogP contribution in [-0.2, 0) is 11.3 Å². The minimum absolute atomic E-state index is 0.121. The summed E-state index contributed by atoms with van der Waals surface area (Å²) in [5.41, 5.74) is 4.57. The van der Waals surface area contributed by atoms with Crippen molar-refractivity contribution in [2.75, 3.05) is 24.6 Å². The number of nitrogens with one attached hydrogen (secondary N) is 1. The van der Waals surface area contributed by atoms with Crippen LogP contribution in [0.4, 0.5) is 5.82 Å². The Morgan fingerprint density at radius 1 is 1.28 bits per heavy atom. The topological polar surface area (TPSA) is 87.2 Å². The molecule has 1 aromatic carbocycles. The van der Waals surface area contributed by atoms with E-state index in [1.165, 1.54) is 0 Å². The number of benzene rings is 1. The van der Waals surface area contributed by atoms with Crippen molar-refractivity contribution in [3.63, 3.8) is 0 Å². The summed E-state index contributed by atoms with van der Waals surface area (Å²) in [7, 11) is 0. The predicted octanol–water partition coefficient (Wildman–Crippen LogP) is 3.22. The van der Waals surface area contributed by atoms with Crippen LogP contribution in [0.5, 0.6) is 0 Å². The summed E-state index contributed by atoms with van der Waals surface area (Å²) in [6, 6.07) is 6.09. The van der Waals surface area contributed by atoms with E-state index in [-0.39, 0.29) is 6.61 Å². The zero-order valence-electron chi connectivity index (χ0n) is 17.0. The summed E-state index contributed by atoms with van der Waals surface area (Å²) in [4.78, 5) is 12.0. The number of aromatic amines is 1. The van der Waals surface area contributed by atoms with Gasteiger partial charge in [-0.05, 0) is 44.6 Å². The van der Waals surface area contributed by atoms with Crippen LogP contribution in [0.1, 0.15) is 37.6 Å². The van der Waals surface area contributed by atoms with Crippen molar-refractivity contribution in [3.05, 3.63) is 35.8 Å². The molecule has 29 heavy (non-hydrogen) atoms. The van der Waals surface area contributed by atoms with E-state index in [9.17, 15) is 5.11 Å². The summed E-state index contributed by atoms with van der Waals surface area (Å²) < 4.78 is 5.85. The predicted molar refractivity (Wildman–Crippen MR) is 112 cm³/mol. The van der Waals surface area contributed by atoms with Crippen molar-refractivity contribution in [1.82, 2.24) is 20.2 Å². The second kappa shape index (κ2) is 7.07. The maximum Gasteiger partial charge on any atom is 0.153 e. The molecule has 1 atom stereocenters. The van der Waals surface area contributed by atoms with Crippen LogP contribution in [0.25, 0.3) is 22.2 Å². The number of aromatic nitrogens is 4. The number of hydrogen-bond acceptors (Lipinski definition) is 6. The number of ether oxygens (including phenoxy) is 1. The van der Waals surface area contributed by atoms with Crippen molar-refractivity contribution >= 4 is 16.7 Å². The van der Waals surface area contributed by atoms with Gasteiger partial charge < -0.3 is 14.7 Å². The maximum atomic E-state index is 10.0. The van der Waals surface area contributed by atoms with E-state index in [1.54, 1.807) is 6.20 Å². The molecule has 2 N–H and O–H groups in total. The van der Waals surface area contributed by atoms with Gasteiger partial charge in [-0.2, -0.15) is 5.10 Å². The number of aryl methyl sites for hydroxylation is 1. The van der Waals surface area contributed by atoms with E-state index < -0.39 is 0 Å². The first-order valence-corrected chi connectivity index (χ1v) is 10.4. The normalized spacial score (nSPS) is 21.3. The van der Waals surface area contributed by atoms with E-state index in [2.05, 4.69) is 22.0 Å². The van der Waals surface area contributed by atoms with Gasteiger partial charge in [0.1, 0.15) is 5.69 Å². The third-order valence-electron chi connectivity index (χ3n) is 6.50. The molecule has 0 bridgehead atoms. The maximum absolute atomic E-state index is 10.0. The summed E-state index contributed by atoms with van der Waals surface area (Å²) >= 11 is 0. The molecule has 2 aromatic heterocycles. The highest BCUT2D eigenvalue weighted by atomic mass is 16.5. The van der Waals surface area contributed by atoms with Crippen LogP contribution in [0.15, 0.2) is 24.4 Å². The fraction of sp³-hybridized carbons (Fsp3) is 0.500.